The molecule has 0 spiro atoms. The molecule has 0 heterocycles. The number of hydrogen-bond acceptors (Lipinski definition) is 2. The second kappa shape index (κ2) is 5.75. The molecule has 0 amide bonds. The molecule has 1 aromatic carbocycles. The largest absolute Gasteiger partial charge is 0.371 e. The van der Waals surface area contributed by atoms with E-state index in [2.05, 4.69) is 11.8 Å². The van der Waals surface area contributed by atoms with Crippen LogP contribution in [0, 0.1) is 5.92 Å². The molecule has 18 heavy (non-hydrogen) atoms. The lowest BCUT2D eigenvalue weighted by molar-refractivity contribution is 0.101. The van der Waals surface area contributed by atoms with Gasteiger partial charge in [0.05, 0.1) is 5.02 Å². The van der Waals surface area contributed by atoms with Crippen molar-refractivity contribution in [3.05, 3.63) is 28.8 Å². The number of rotatable bonds is 6. The number of ketones is 1. The van der Waals surface area contributed by atoms with Crippen LogP contribution < -0.4 is 4.90 Å². The molecule has 1 aliphatic carbocycles. The minimum Gasteiger partial charge on any atom is -0.371 e. The molecule has 0 unspecified atom stereocenters. The van der Waals surface area contributed by atoms with E-state index in [-0.39, 0.29) is 5.78 Å². The van der Waals surface area contributed by atoms with Crippen LogP contribution in [0.1, 0.15) is 43.5 Å². The Labute approximate surface area is 114 Å². The maximum atomic E-state index is 11.4. The number of Topliss-reactive ketones (excluding diaryl/α,β-unsaturated/α-hetero) is 1. The fourth-order valence-corrected chi connectivity index (χ4v) is 2.50. The van der Waals surface area contributed by atoms with Gasteiger partial charge in [0, 0.05) is 24.3 Å². The summed E-state index contributed by atoms with van der Waals surface area (Å²) in [5.74, 6) is 0.874. The van der Waals surface area contributed by atoms with E-state index < -0.39 is 0 Å². The molecule has 0 N–H and O–H groups in total. The SMILES string of the molecule is CCCN(CC1CC1)c1ccc(C(C)=O)c(Cl)c1. The Balaban J connectivity index is 2.18. The molecule has 1 aliphatic rings. The highest BCUT2D eigenvalue weighted by atomic mass is 35.5. The van der Waals surface area contributed by atoms with Gasteiger partial charge >= 0.3 is 0 Å². The van der Waals surface area contributed by atoms with E-state index in [1.807, 2.05) is 18.2 Å². The van der Waals surface area contributed by atoms with Gasteiger partial charge in [0.2, 0.25) is 0 Å². The van der Waals surface area contributed by atoms with Gasteiger partial charge in [-0.15, -0.1) is 0 Å². The lowest BCUT2D eigenvalue weighted by atomic mass is 10.1. The third-order valence-corrected chi connectivity index (χ3v) is 3.68. The Morgan fingerprint density at radius 2 is 2.17 bits per heavy atom. The minimum atomic E-state index is 0.0239. The highest BCUT2D eigenvalue weighted by Crippen LogP contribution is 2.32. The summed E-state index contributed by atoms with van der Waals surface area (Å²) in [4.78, 5) is 13.7. The molecule has 0 bridgehead atoms. The number of nitrogens with zero attached hydrogens (tertiary/aromatic N) is 1. The Kier molecular flexibility index (Phi) is 4.28. The topological polar surface area (TPSA) is 20.3 Å². The number of halogens is 1. The van der Waals surface area contributed by atoms with Crippen molar-refractivity contribution in [2.75, 3.05) is 18.0 Å². The van der Waals surface area contributed by atoms with Crippen molar-refractivity contribution in [2.45, 2.75) is 33.1 Å². The van der Waals surface area contributed by atoms with Crippen molar-refractivity contribution >= 4 is 23.1 Å². The van der Waals surface area contributed by atoms with Gasteiger partial charge in [-0.05, 0) is 50.3 Å². The van der Waals surface area contributed by atoms with E-state index in [1.54, 1.807) is 6.92 Å². The Morgan fingerprint density at radius 3 is 2.67 bits per heavy atom. The van der Waals surface area contributed by atoms with Gasteiger partial charge in [0.15, 0.2) is 5.78 Å². The standard InChI is InChI=1S/C15H20ClNO/c1-3-8-17(10-12-4-5-12)13-6-7-14(11(2)18)15(16)9-13/h6-7,9,12H,3-5,8,10H2,1-2H3. The van der Waals surface area contributed by atoms with Crippen LogP contribution in [-0.4, -0.2) is 18.9 Å². The lowest BCUT2D eigenvalue weighted by Gasteiger charge is -2.24. The average molecular weight is 266 g/mol. The molecule has 0 saturated heterocycles. The maximum absolute atomic E-state index is 11.4. The van der Waals surface area contributed by atoms with Gasteiger partial charge < -0.3 is 4.90 Å². The molecular weight excluding hydrogens is 246 g/mol. The molecule has 0 aliphatic heterocycles. The first-order chi connectivity index (χ1) is 8.61. The second-order valence-corrected chi connectivity index (χ2v) is 5.52. The zero-order chi connectivity index (χ0) is 13.1. The third-order valence-electron chi connectivity index (χ3n) is 3.37. The van der Waals surface area contributed by atoms with Crippen LogP contribution >= 0.6 is 11.6 Å². The van der Waals surface area contributed by atoms with Crippen molar-refractivity contribution in [1.29, 1.82) is 0 Å². The van der Waals surface area contributed by atoms with E-state index >= 15 is 0 Å². The number of anilines is 1. The molecule has 2 rings (SSSR count). The lowest BCUT2D eigenvalue weighted by Crippen LogP contribution is -2.26. The van der Waals surface area contributed by atoms with Gasteiger partial charge in [-0.25, -0.2) is 0 Å². The molecule has 2 nitrogen and oxygen atoms in total. The number of benzene rings is 1. The first-order valence-electron chi connectivity index (χ1n) is 6.67. The quantitative estimate of drug-likeness (QED) is 0.720. The van der Waals surface area contributed by atoms with Crippen LogP contribution in [0.25, 0.3) is 0 Å². The zero-order valence-electron chi connectivity index (χ0n) is 11.1. The molecule has 1 fully saturated rings. The molecule has 1 saturated carbocycles. The summed E-state index contributed by atoms with van der Waals surface area (Å²) in [7, 11) is 0. The van der Waals surface area contributed by atoms with E-state index in [4.69, 9.17) is 11.6 Å². The first-order valence-corrected chi connectivity index (χ1v) is 7.05. The Hall–Kier alpha value is -1.02. The summed E-state index contributed by atoms with van der Waals surface area (Å²) in [5.41, 5.74) is 1.75. The van der Waals surface area contributed by atoms with E-state index in [9.17, 15) is 4.79 Å². The summed E-state index contributed by atoms with van der Waals surface area (Å²) >= 11 is 6.17. The molecule has 0 atom stereocenters. The summed E-state index contributed by atoms with van der Waals surface area (Å²) in [6, 6.07) is 5.78. The second-order valence-electron chi connectivity index (χ2n) is 5.11. The molecule has 0 aromatic heterocycles. The molecule has 98 valence electrons. The van der Waals surface area contributed by atoms with E-state index in [0.29, 0.717) is 10.6 Å². The molecule has 3 heteroatoms. The minimum absolute atomic E-state index is 0.0239. The summed E-state index contributed by atoms with van der Waals surface area (Å²) in [6.45, 7) is 5.90. The smallest absolute Gasteiger partial charge is 0.161 e. The fraction of sp³-hybridized carbons (Fsp3) is 0.533. The van der Waals surface area contributed by atoms with E-state index in [1.165, 1.54) is 12.8 Å². The van der Waals surface area contributed by atoms with Crippen LogP contribution in [0.5, 0.6) is 0 Å². The normalized spacial score (nSPS) is 14.6. The predicted molar refractivity (Wildman–Crippen MR) is 76.7 cm³/mol. The maximum Gasteiger partial charge on any atom is 0.161 e. The van der Waals surface area contributed by atoms with Crippen LogP contribution in [0.4, 0.5) is 5.69 Å². The summed E-state index contributed by atoms with van der Waals surface area (Å²) in [6.07, 6.45) is 3.82. The van der Waals surface area contributed by atoms with Gasteiger partial charge in [0.1, 0.15) is 0 Å². The van der Waals surface area contributed by atoms with Crippen LogP contribution in [-0.2, 0) is 0 Å². The summed E-state index contributed by atoms with van der Waals surface area (Å²) < 4.78 is 0. The van der Waals surface area contributed by atoms with Crippen molar-refractivity contribution in [3.8, 4) is 0 Å². The fourth-order valence-electron chi connectivity index (χ4n) is 2.19. The highest BCUT2D eigenvalue weighted by Gasteiger charge is 2.24. The molecule has 0 radical (unpaired) electrons. The van der Waals surface area contributed by atoms with Gasteiger partial charge in [-0.3, -0.25) is 4.79 Å². The average Bonchev–Trinajstić information content (AvgIpc) is 3.11. The van der Waals surface area contributed by atoms with E-state index in [0.717, 1.165) is 31.1 Å². The van der Waals surface area contributed by atoms with Crippen molar-refractivity contribution < 1.29 is 4.79 Å². The van der Waals surface area contributed by atoms with Crippen molar-refractivity contribution in [1.82, 2.24) is 0 Å². The van der Waals surface area contributed by atoms with Crippen LogP contribution in [0.15, 0.2) is 18.2 Å². The van der Waals surface area contributed by atoms with Gasteiger partial charge in [0.25, 0.3) is 0 Å². The number of carbonyl (C=O) groups excluding carboxylic acids is 1. The zero-order valence-corrected chi connectivity index (χ0v) is 11.8. The van der Waals surface area contributed by atoms with Crippen molar-refractivity contribution in [2.24, 2.45) is 5.92 Å². The molecule has 1 aromatic rings. The highest BCUT2D eigenvalue weighted by molar-refractivity contribution is 6.34. The summed E-state index contributed by atoms with van der Waals surface area (Å²) in [5, 5.41) is 0.567. The number of hydrogen-bond donors (Lipinski definition) is 0. The van der Waals surface area contributed by atoms with Crippen LogP contribution in [0.2, 0.25) is 5.02 Å². The van der Waals surface area contributed by atoms with Gasteiger partial charge in [-0.2, -0.15) is 0 Å². The predicted octanol–water partition coefficient (Wildman–Crippen LogP) is 4.17. The van der Waals surface area contributed by atoms with Crippen molar-refractivity contribution in [3.63, 3.8) is 0 Å². The first kappa shape index (κ1) is 13.4. The monoisotopic (exact) mass is 265 g/mol. The van der Waals surface area contributed by atoms with Gasteiger partial charge in [-0.1, -0.05) is 18.5 Å². The van der Waals surface area contributed by atoms with Crippen LogP contribution in [0.3, 0.4) is 0 Å². The molecular formula is C15H20ClNO. The number of carbonyl (C=O) groups is 1. The third kappa shape index (κ3) is 3.26. The Bertz CT molecular complexity index is 440. The Morgan fingerprint density at radius 1 is 1.44 bits per heavy atom.